The number of hydrogen-bond acceptors (Lipinski definition) is 7. The smallest absolute Gasteiger partial charge is 0.320 e. The number of ether oxygens (including phenoxy) is 1. The molecule has 4 rings (SSSR count). The molecule has 156 valence electrons. The molecule has 0 unspecified atom stereocenters. The molecule has 0 radical (unpaired) electrons. The van der Waals surface area contributed by atoms with Gasteiger partial charge in [0.2, 0.25) is 15.9 Å². The van der Waals surface area contributed by atoms with E-state index in [9.17, 15) is 13.2 Å². The summed E-state index contributed by atoms with van der Waals surface area (Å²) in [6, 6.07) is 0.0865. The molecule has 3 saturated heterocycles. The molecule has 11 heteroatoms. The van der Waals surface area contributed by atoms with Gasteiger partial charge in [0.1, 0.15) is 0 Å². The summed E-state index contributed by atoms with van der Waals surface area (Å²) in [7, 11) is -3.13. The van der Waals surface area contributed by atoms with E-state index in [0.717, 1.165) is 0 Å². The molecule has 0 atom stereocenters. The first-order chi connectivity index (χ1) is 13.4. The Labute approximate surface area is 164 Å². The summed E-state index contributed by atoms with van der Waals surface area (Å²) in [5, 5.41) is 4.11. The second-order valence-corrected chi connectivity index (χ2v) is 9.82. The molecule has 0 aliphatic carbocycles. The largest absolute Gasteiger partial charge is 0.378 e. The van der Waals surface area contributed by atoms with Crippen LogP contribution in [0.5, 0.6) is 0 Å². The van der Waals surface area contributed by atoms with Crippen molar-refractivity contribution in [3.63, 3.8) is 0 Å². The first kappa shape index (κ1) is 19.6. The number of rotatable bonds is 4. The molecular formula is C17H27N5O5S. The summed E-state index contributed by atoms with van der Waals surface area (Å²) in [6.07, 6.45) is 3.32. The normalized spacial score (nSPS) is 23.0. The Morgan fingerprint density at radius 2 is 1.79 bits per heavy atom. The van der Waals surface area contributed by atoms with Crippen molar-refractivity contribution in [2.45, 2.75) is 25.2 Å². The molecule has 3 aliphatic rings. The zero-order valence-corrected chi connectivity index (χ0v) is 16.9. The van der Waals surface area contributed by atoms with Crippen molar-refractivity contribution in [2.24, 2.45) is 5.92 Å². The molecular weight excluding hydrogens is 386 g/mol. The lowest BCUT2D eigenvalue weighted by molar-refractivity contribution is 0.0281. The molecule has 1 aromatic rings. The average molecular weight is 414 g/mol. The first-order valence-corrected chi connectivity index (χ1v) is 11.6. The van der Waals surface area contributed by atoms with E-state index in [0.29, 0.717) is 89.4 Å². The monoisotopic (exact) mass is 413 g/mol. The molecule has 0 aromatic carbocycles. The zero-order valence-electron chi connectivity index (χ0n) is 16.1. The molecule has 10 nitrogen and oxygen atoms in total. The summed E-state index contributed by atoms with van der Waals surface area (Å²) in [6.45, 7) is 4.94. The SMILES string of the molecule is CS(=O)(=O)N1CCC(c2noc(CC3CN(C(=O)N4CCOCC4)C3)n2)CC1. The van der Waals surface area contributed by atoms with E-state index in [1.165, 1.54) is 10.6 Å². The van der Waals surface area contributed by atoms with E-state index in [1.54, 1.807) is 0 Å². The highest BCUT2D eigenvalue weighted by Crippen LogP contribution is 2.28. The van der Waals surface area contributed by atoms with Crippen LogP contribution in [0.2, 0.25) is 0 Å². The van der Waals surface area contributed by atoms with Crippen molar-refractivity contribution in [1.82, 2.24) is 24.2 Å². The zero-order chi connectivity index (χ0) is 19.7. The van der Waals surface area contributed by atoms with Crippen LogP contribution in [-0.2, 0) is 21.2 Å². The van der Waals surface area contributed by atoms with Crippen LogP contribution < -0.4 is 0 Å². The summed E-state index contributed by atoms with van der Waals surface area (Å²) < 4.78 is 35.4. The third-order valence-corrected chi connectivity index (χ3v) is 7.05. The van der Waals surface area contributed by atoms with E-state index in [2.05, 4.69) is 10.1 Å². The van der Waals surface area contributed by atoms with Crippen LogP contribution in [0.3, 0.4) is 0 Å². The van der Waals surface area contributed by atoms with Gasteiger partial charge in [-0.05, 0) is 12.8 Å². The number of likely N-dealkylation sites (tertiary alicyclic amines) is 1. The van der Waals surface area contributed by atoms with Crippen LogP contribution in [0.15, 0.2) is 4.52 Å². The van der Waals surface area contributed by atoms with Gasteiger partial charge in [-0.15, -0.1) is 0 Å². The summed E-state index contributed by atoms with van der Waals surface area (Å²) >= 11 is 0. The molecule has 3 fully saturated rings. The first-order valence-electron chi connectivity index (χ1n) is 9.79. The second-order valence-electron chi connectivity index (χ2n) is 7.84. The molecule has 28 heavy (non-hydrogen) atoms. The Morgan fingerprint density at radius 1 is 1.11 bits per heavy atom. The Bertz CT molecular complexity index is 793. The maximum Gasteiger partial charge on any atom is 0.320 e. The number of piperidine rings is 1. The molecule has 1 aromatic heterocycles. The average Bonchev–Trinajstić information content (AvgIpc) is 3.13. The van der Waals surface area contributed by atoms with Crippen LogP contribution in [-0.4, -0.2) is 97.4 Å². The molecule has 0 N–H and O–H groups in total. The van der Waals surface area contributed by atoms with Crippen LogP contribution in [0.1, 0.15) is 30.5 Å². The molecule has 0 bridgehead atoms. The molecule has 3 aliphatic heterocycles. The molecule has 4 heterocycles. The van der Waals surface area contributed by atoms with Gasteiger partial charge in [0.05, 0.1) is 19.5 Å². The van der Waals surface area contributed by atoms with E-state index in [1.807, 2.05) is 9.80 Å². The van der Waals surface area contributed by atoms with Gasteiger partial charge in [0, 0.05) is 57.5 Å². The van der Waals surface area contributed by atoms with E-state index < -0.39 is 10.0 Å². The topological polar surface area (TPSA) is 109 Å². The second kappa shape index (κ2) is 7.96. The van der Waals surface area contributed by atoms with Crippen molar-refractivity contribution in [3.05, 3.63) is 11.7 Å². The van der Waals surface area contributed by atoms with E-state index >= 15 is 0 Å². The number of sulfonamides is 1. The van der Waals surface area contributed by atoms with Crippen LogP contribution in [0.25, 0.3) is 0 Å². The predicted molar refractivity (Wildman–Crippen MR) is 99.2 cm³/mol. The number of aromatic nitrogens is 2. The van der Waals surface area contributed by atoms with Gasteiger partial charge >= 0.3 is 6.03 Å². The number of hydrogen-bond donors (Lipinski definition) is 0. The predicted octanol–water partition coefficient (Wildman–Crippen LogP) is 0.135. The fraction of sp³-hybridized carbons (Fsp3) is 0.824. The lowest BCUT2D eigenvalue weighted by Crippen LogP contribution is -2.57. The lowest BCUT2D eigenvalue weighted by atomic mass is 9.96. The maximum atomic E-state index is 12.4. The summed E-state index contributed by atoms with van der Waals surface area (Å²) in [5.41, 5.74) is 0. The highest BCUT2D eigenvalue weighted by molar-refractivity contribution is 7.88. The van der Waals surface area contributed by atoms with Crippen LogP contribution in [0, 0.1) is 5.92 Å². The van der Waals surface area contributed by atoms with Crippen molar-refractivity contribution in [1.29, 1.82) is 0 Å². The standard InChI is InChI=1S/C17H27N5O5S/c1-28(24,25)22-4-2-14(3-5-22)16-18-15(27-19-16)10-13-11-21(12-13)17(23)20-6-8-26-9-7-20/h13-14H,2-12H2,1H3. The fourth-order valence-electron chi connectivity index (χ4n) is 4.02. The quantitative estimate of drug-likeness (QED) is 0.690. The van der Waals surface area contributed by atoms with E-state index in [4.69, 9.17) is 9.26 Å². The number of urea groups is 1. The van der Waals surface area contributed by atoms with Crippen LogP contribution in [0.4, 0.5) is 4.79 Å². The highest BCUT2D eigenvalue weighted by atomic mass is 32.2. The Morgan fingerprint density at radius 3 is 2.43 bits per heavy atom. The number of amides is 2. The van der Waals surface area contributed by atoms with Crippen molar-refractivity contribution in [2.75, 3.05) is 58.7 Å². The van der Waals surface area contributed by atoms with Crippen molar-refractivity contribution < 1.29 is 22.5 Å². The van der Waals surface area contributed by atoms with Gasteiger partial charge in [-0.2, -0.15) is 4.98 Å². The van der Waals surface area contributed by atoms with Gasteiger partial charge in [-0.3, -0.25) is 0 Å². The molecule has 0 saturated carbocycles. The maximum absolute atomic E-state index is 12.4. The number of carbonyl (C=O) groups excluding carboxylic acids is 1. The van der Waals surface area contributed by atoms with Crippen molar-refractivity contribution in [3.8, 4) is 0 Å². The fourth-order valence-corrected chi connectivity index (χ4v) is 4.89. The van der Waals surface area contributed by atoms with E-state index in [-0.39, 0.29) is 11.9 Å². The lowest BCUT2D eigenvalue weighted by Gasteiger charge is -2.42. The Hall–Kier alpha value is -1.72. The highest BCUT2D eigenvalue weighted by Gasteiger charge is 2.35. The molecule has 0 spiro atoms. The minimum atomic E-state index is -3.13. The van der Waals surface area contributed by atoms with Crippen molar-refractivity contribution >= 4 is 16.1 Å². The number of morpholine rings is 1. The Kier molecular flexibility index (Phi) is 5.57. The minimum absolute atomic E-state index is 0.0865. The number of carbonyl (C=O) groups is 1. The summed E-state index contributed by atoms with van der Waals surface area (Å²) in [4.78, 5) is 20.6. The van der Waals surface area contributed by atoms with Gasteiger partial charge in [-0.1, -0.05) is 5.16 Å². The third kappa shape index (κ3) is 4.31. The molecule has 2 amide bonds. The van der Waals surface area contributed by atoms with Gasteiger partial charge in [0.25, 0.3) is 0 Å². The van der Waals surface area contributed by atoms with Gasteiger partial charge < -0.3 is 19.1 Å². The Balaban J connectivity index is 1.23. The van der Waals surface area contributed by atoms with Gasteiger partial charge in [0.15, 0.2) is 5.82 Å². The summed E-state index contributed by atoms with van der Waals surface area (Å²) in [5.74, 6) is 1.74. The number of nitrogens with zero attached hydrogens (tertiary/aromatic N) is 5. The third-order valence-electron chi connectivity index (χ3n) is 5.74. The van der Waals surface area contributed by atoms with Crippen LogP contribution >= 0.6 is 0 Å². The van der Waals surface area contributed by atoms with Gasteiger partial charge in [-0.25, -0.2) is 17.5 Å². The minimum Gasteiger partial charge on any atom is -0.378 e.